The highest BCUT2D eigenvalue weighted by Gasteiger charge is 2.54. The van der Waals surface area contributed by atoms with Gasteiger partial charge >= 0.3 is 12.2 Å². The summed E-state index contributed by atoms with van der Waals surface area (Å²) in [5.74, 6) is 0.402. The minimum absolute atomic E-state index is 0.0665. The molecule has 1 aliphatic heterocycles. The van der Waals surface area contributed by atoms with Gasteiger partial charge in [0.15, 0.2) is 5.60 Å². The van der Waals surface area contributed by atoms with Crippen LogP contribution in [0.1, 0.15) is 45.4 Å². The SMILES string of the molecule is CC1CCCCC1NC(=O)N1CCC(O)(C(F)(F)F)CC1. The van der Waals surface area contributed by atoms with Crippen molar-refractivity contribution in [1.82, 2.24) is 10.2 Å². The van der Waals surface area contributed by atoms with Crippen LogP contribution in [0.25, 0.3) is 0 Å². The molecule has 2 unspecified atom stereocenters. The van der Waals surface area contributed by atoms with Crippen molar-refractivity contribution in [3.05, 3.63) is 0 Å². The fraction of sp³-hybridized carbons (Fsp3) is 0.929. The van der Waals surface area contributed by atoms with Crippen molar-refractivity contribution in [1.29, 1.82) is 0 Å². The molecule has 1 saturated carbocycles. The summed E-state index contributed by atoms with van der Waals surface area (Å²) in [4.78, 5) is 13.5. The van der Waals surface area contributed by atoms with Crippen LogP contribution in [0, 0.1) is 5.92 Å². The minimum atomic E-state index is -4.63. The van der Waals surface area contributed by atoms with Crippen LogP contribution >= 0.6 is 0 Å². The molecule has 0 aromatic carbocycles. The number of halogens is 3. The Bertz CT molecular complexity index is 379. The maximum Gasteiger partial charge on any atom is 0.417 e. The Balaban J connectivity index is 1.86. The molecule has 0 aromatic heterocycles. The zero-order valence-corrected chi connectivity index (χ0v) is 12.2. The van der Waals surface area contributed by atoms with E-state index in [9.17, 15) is 23.1 Å². The minimum Gasteiger partial charge on any atom is -0.380 e. The zero-order valence-electron chi connectivity index (χ0n) is 12.2. The molecule has 122 valence electrons. The van der Waals surface area contributed by atoms with Crippen molar-refractivity contribution in [2.24, 2.45) is 5.92 Å². The first-order valence-corrected chi connectivity index (χ1v) is 7.57. The Morgan fingerprint density at radius 1 is 1.24 bits per heavy atom. The Hall–Kier alpha value is -0.980. The van der Waals surface area contributed by atoms with Gasteiger partial charge in [-0.15, -0.1) is 0 Å². The Labute approximate surface area is 122 Å². The number of amides is 2. The number of urea groups is 1. The van der Waals surface area contributed by atoms with E-state index in [1.54, 1.807) is 0 Å². The molecule has 2 N–H and O–H groups in total. The molecule has 21 heavy (non-hydrogen) atoms. The van der Waals surface area contributed by atoms with Crippen molar-refractivity contribution >= 4 is 6.03 Å². The van der Waals surface area contributed by atoms with Crippen molar-refractivity contribution in [2.75, 3.05) is 13.1 Å². The van der Waals surface area contributed by atoms with E-state index in [0.29, 0.717) is 5.92 Å². The number of nitrogens with one attached hydrogen (secondary N) is 1. The molecule has 2 aliphatic rings. The molecule has 0 radical (unpaired) electrons. The lowest BCUT2D eigenvalue weighted by Gasteiger charge is -2.40. The number of carbonyl (C=O) groups excluding carboxylic acids is 1. The third-order valence-electron chi connectivity index (χ3n) is 4.83. The highest BCUT2D eigenvalue weighted by Crippen LogP contribution is 2.38. The molecule has 1 aliphatic carbocycles. The molecule has 2 atom stereocenters. The summed E-state index contributed by atoms with van der Waals surface area (Å²) in [5.41, 5.74) is -2.65. The normalized spacial score (nSPS) is 30.0. The third-order valence-corrected chi connectivity index (χ3v) is 4.83. The second-order valence-electron chi connectivity index (χ2n) is 6.33. The Morgan fingerprint density at radius 2 is 1.81 bits per heavy atom. The Morgan fingerprint density at radius 3 is 2.33 bits per heavy atom. The van der Waals surface area contributed by atoms with Crippen LogP contribution in [-0.2, 0) is 0 Å². The summed E-state index contributed by atoms with van der Waals surface area (Å²) in [6.07, 6.45) is -1.31. The van der Waals surface area contributed by atoms with Gasteiger partial charge in [-0.1, -0.05) is 19.8 Å². The fourth-order valence-corrected chi connectivity index (χ4v) is 3.14. The standard InChI is InChI=1S/C14H23F3N2O2/c1-10-4-2-3-5-11(10)18-12(20)19-8-6-13(21,7-9-19)14(15,16)17/h10-11,21H,2-9H2,1H3,(H,18,20). The highest BCUT2D eigenvalue weighted by molar-refractivity contribution is 5.74. The molecular formula is C14H23F3N2O2. The van der Waals surface area contributed by atoms with Gasteiger partial charge in [-0.25, -0.2) is 4.79 Å². The van der Waals surface area contributed by atoms with Crippen molar-refractivity contribution in [3.8, 4) is 0 Å². The van der Waals surface area contributed by atoms with Crippen LogP contribution in [0.3, 0.4) is 0 Å². The molecule has 0 aromatic rings. The second-order valence-corrected chi connectivity index (χ2v) is 6.33. The van der Waals surface area contributed by atoms with E-state index >= 15 is 0 Å². The van der Waals surface area contributed by atoms with E-state index in [1.807, 2.05) is 0 Å². The fourth-order valence-electron chi connectivity index (χ4n) is 3.14. The van der Waals surface area contributed by atoms with Crippen LogP contribution < -0.4 is 5.32 Å². The highest BCUT2D eigenvalue weighted by atomic mass is 19.4. The van der Waals surface area contributed by atoms with Crippen molar-refractivity contribution in [2.45, 2.75) is 63.3 Å². The smallest absolute Gasteiger partial charge is 0.380 e. The van der Waals surface area contributed by atoms with E-state index in [-0.39, 0.29) is 25.2 Å². The monoisotopic (exact) mass is 308 g/mol. The van der Waals surface area contributed by atoms with E-state index in [4.69, 9.17) is 0 Å². The summed E-state index contributed by atoms with van der Waals surface area (Å²) in [6.45, 7) is 1.95. The number of likely N-dealkylation sites (tertiary alicyclic amines) is 1. The van der Waals surface area contributed by atoms with E-state index < -0.39 is 24.6 Å². The van der Waals surface area contributed by atoms with Gasteiger partial charge in [0.1, 0.15) is 0 Å². The maximum atomic E-state index is 12.7. The molecule has 2 rings (SSSR count). The summed E-state index contributed by atoms with van der Waals surface area (Å²) in [6, 6.07) is -0.201. The molecule has 2 fully saturated rings. The van der Waals surface area contributed by atoms with Gasteiger partial charge in [0, 0.05) is 32.0 Å². The molecule has 4 nitrogen and oxygen atoms in total. The van der Waals surface area contributed by atoms with Crippen LogP contribution in [0.4, 0.5) is 18.0 Å². The Kier molecular flexibility index (Phi) is 4.70. The number of carbonyl (C=O) groups is 1. The van der Waals surface area contributed by atoms with Crippen molar-refractivity contribution in [3.63, 3.8) is 0 Å². The predicted molar refractivity (Wildman–Crippen MR) is 71.8 cm³/mol. The van der Waals surface area contributed by atoms with Gasteiger partial charge in [-0.05, 0) is 18.8 Å². The maximum absolute atomic E-state index is 12.7. The number of aliphatic hydroxyl groups is 1. The molecule has 1 heterocycles. The average Bonchev–Trinajstić information content (AvgIpc) is 2.41. The molecule has 0 spiro atoms. The number of hydrogen-bond acceptors (Lipinski definition) is 2. The number of nitrogens with zero attached hydrogens (tertiary/aromatic N) is 1. The second kappa shape index (κ2) is 6.02. The quantitative estimate of drug-likeness (QED) is 0.782. The van der Waals surface area contributed by atoms with Gasteiger partial charge in [0.25, 0.3) is 0 Å². The topological polar surface area (TPSA) is 52.6 Å². The largest absolute Gasteiger partial charge is 0.417 e. The first-order chi connectivity index (χ1) is 9.73. The summed E-state index contributed by atoms with van der Waals surface area (Å²) in [5, 5.41) is 12.5. The van der Waals surface area contributed by atoms with Crippen LogP contribution in [-0.4, -0.2) is 46.9 Å². The predicted octanol–water partition coefficient (Wildman–Crippen LogP) is 2.66. The van der Waals surface area contributed by atoms with Gasteiger partial charge in [-0.3, -0.25) is 0 Å². The van der Waals surface area contributed by atoms with Gasteiger partial charge in [0.05, 0.1) is 0 Å². The van der Waals surface area contributed by atoms with Crippen LogP contribution in [0.2, 0.25) is 0 Å². The number of alkyl halides is 3. The van der Waals surface area contributed by atoms with Gasteiger partial charge in [0.2, 0.25) is 0 Å². The van der Waals surface area contributed by atoms with Gasteiger partial charge < -0.3 is 15.3 Å². The summed E-state index contributed by atoms with van der Waals surface area (Å²) >= 11 is 0. The first-order valence-electron chi connectivity index (χ1n) is 7.57. The van der Waals surface area contributed by atoms with E-state index in [0.717, 1.165) is 25.7 Å². The van der Waals surface area contributed by atoms with E-state index in [1.165, 1.54) is 4.90 Å². The average molecular weight is 308 g/mol. The van der Waals surface area contributed by atoms with Gasteiger partial charge in [-0.2, -0.15) is 13.2 Å². The summed E-state index contributed by atoms with van der Waals surface area (Å²) < 4.78 is 38.1. The molecule has 2 amide bonds. The van der Waals surface area contributed by atoms with E-state index in [2.05, 4.69) is 12.2 Å². The van der Waals surface area contributed by atoms with Crippen molar-refractivity contribution < 1.29 is 23.1 Å². The number of hydrogen-bond donors (Lipinski definition) is 2. The molecule has 0 bridgehead atoms. The number of rotatable bonds is 1. The first kappa shape index (κ1) is 16.4. The summed E-state index contributed by atoms with van der Waals surface area (Å²) in [7, 11) is 0. The zero-order chi connectivity index (χ0) is 15.7. The molecule has 7 heteroatoms. The number of piperidine rings is 1. The van der Waals surface area contributed by atoms with Crippen LogP contribution in [0.15, 0.2) is 0 Å². The lowest BCUT2D eigenvalue weighted by molar-refractivity contribution is -0.271. The lowest BCUT2D eigenvalue weighted by Crippen LogP contribution is -2.57. The lowest BCUT2D eigenvalue weighted by atomic mass is 9.86. The van der Waals surface area contributed by atoms with Crippen LogP contribution in [0.5, 0.6) is 0 Å². The third kappa shape index (κ3) is 3.62. The molecule has 1 saturated heterocycles. The molecular weight excluding hydrogens is 285 g/mol.